The van der Waals surface area contributed by atoms with Gasteiger partial charge in [0.2, 0.25) is 0 Å². The Labute approximate surface area is 159 Å². The van der Waals surface area contributed by atoms with E-state index in [0.29, 0.717) is 31.9 Å². The topological polar surface area (TPSA) is 76.6 Å². The second kappa shape index (κ2) is 9.36. The summed E-state index contributed by atoms with van der Waals surface area (Å²) in [4.78, 5) is 22.0. The molecule has 28 heavy (non-hydrogen) atoms. The molecule has 3 heterocycles. The number of amides is 1. The maximum Gasteiger partial charge on any atom is 0.272 e. The first-order chi connectivity index (χ1) is 13.5. The van der Waals surface area contributed by atoms with Gasteiger partial charge >= 0.3 is 0 Å². The van der Waals surface area contributed by atoms with Crippen molar-refractivity contribution in [2.24, 2.45) is 0 Å². The number of halogens is 3. The molecule has 1 aliphatic rings. The van der Waals surface area contributed by atoms with Crippen molar-refractivity contribution in [3.63, 3.8) is 0 Å². The Kier molecular flexibility index (Phi) is 6.64. The minimum Gasteiger partial charge on any atom is -0.488 e. The van der Waals surface area contributed by atoms with E-state index in [-0.39, 0.29) is 23.8 Å². The van der Waals surface area contributed by atoms with Gasteiger partial charge in [-0.05, 0) is 17.7 Å². The van der Waals surface area contributed by atoms with Crippen molar-refractivity contribution < 1.29 is 27.4 Å². The fourth-order valence-electron chi connectivity index (χ4n) is 2.63. The molecule has 10 heteroatoms. The van der Waals surface area contributed by atoms with E-state index >= 15 is 0 Å². The number of nitrogens with one attached hydrogen (secondary N) is 1. The third-order valence-corrected chi connectivity index (χ3v) is 3.98. The summed E-state index contributed by atoms with van der Waals surface area (Å²) in [6, 6.07) is 3.95. The standard InChI is InChI=1S/C18H19F3N4O3/c19-14-7-12(9-23-17(14)25-3-5-27-6-4-25)10-24-18(26)15-8-13(1-2-22-15)28-11-16(20)21/h1-2,7-9,16H,3-6,10-11H2,(H,24,26). The van der Waals surface area contributed by atoms with E-state index < -0.39 is 24.8 Å². The van der Waals surface area contributed by atoms with E-state index in [1.807, 2.05) is 0 Å². The number of nitrogens with zero attached hydrogens (tertiary/aromatic N) is 3. The summed E-state index contributed by atoms with van der Waals surface area (Å²) in [7, 11) is 0. The fraction of sp³-hybridized carbons (Fsp3) is 0.389. The van der Waals surface area contributed by atoms with Crippen molar-refractivity contribution in [2.45, 2.75) is 13.0 Å². The Balaban J connectivity index is 1.58. The first-order valence-electron chi connectivity index (χ1n) is 8.65. The lowest BCUT2D eigenvalue weighted by atomic mass is 10.2. The van der Waals surface area contributed by atoms with Gasteiger partial charge in [-0.1, -0.05) is 0 Å². The van der Waals surface area contributed by atoms with Gasteiger partial charge in [0.25, 0.3) is 12.3 Å². The van der Waals surface area contributed by atoms with Crippen LogP contribution < -0.4 is 15.0 Å². The van der Waals surface area contributed by atoms with Crippen LogP contribution in [-0.4, -0.2) is 55.2 Å². The molecule has 0 saturated carbocycles. The van der Waals surface area contributed by atoms with Gasteiger partial charge in [0.1, 0.15) is 18.1 Å². The van der Waals surface area contributed by atoms with Gasteiger partial charge in [0, 0.05) is 38.1 Å². The maximum absolute atomic E-state index is 14.3. The lowest BCUT2D eigenvalue weighted by molar-refractivity contribution is 0.0817. The molecule has 0 bridgehead atoms. The summed E-state index contributed by atoms with van der Waals surface area (Å²) < 4.78 is 48.8. The molecule has 0 spiro atoms. The van der Waals surface area contributed by atoms with Crippen LogP contribution in [0.1, 0.15) is 16.1 Å². The van der Waals surface area contributed by atoms with E-state index in [4.69, 9.17) is 9.47 Å². The van der Waals surface area contributed by atoms with Crippen LogP contribution in [0, 0.1) is 5.82 Å². The highest BCUT2D eigenvalue weighted by molar-refractivity contribution is 5.92. The van der Waals surface area contributed by atoms with Gasteiger partial charge in [-0.15, -0.1) is 0 Å². The number of anilines is 1. The fourth-order valence-corrected chi connectivity index (χ4v) is 2.63. The predicted molar refractivity (Wildman–Crippen MR) is 94.1 cm³/mol. The number of carbonyl (C=O) groups is 1. The third-order valence-electron chi connectivity index (χ3n) is 3.98. The summed E-state index contributed by atoms with van der Waals surface area (Å²) in [5.74, 6) is -0.652. The molecule has 1 fully saturated rings. The predicted octanol–water partition coefficient (Wildman–Crippen LogP) is 2.03. The van der Waals surface area contributed by atoms with Gasteiger partial charge in [0.15, 0.2) is 11.6 Å². The van der Waals surface area contributed by atoms with Crippen LogP contribution in [0.5, 0.6) is 5.75 Å². The van der Waals surface area contributed by atoms with E-state index in [9.17, 15) is 18.0 Å². The number of carbonyl (C=O) groups excluding carboxylic acids is 1. The van der Waals surface area contributed by atoms with Crippen LogP contribution >= 0.6 is 0 Å². The van der Waals surface area contributed by atoms with Crippen molar-refractivity contribution in [2.75, 3.05) is 37.8 Å². The van der Waals surface area contributed by atoms with Gasteiger partial charge in [-0.2, -0.15) is 0 Å². The van der Waals surface area contributed by atoms with Crippen LogP contribution in [-0.2, 0) is 11.3 Å². The highest BCUT2D eigenvalue weighted by atomic mass is 19.3. The number of ether oxygens (including phenoxy) is 2. The second-order valence-electron chi connectivity index (χ2n) is 6.01. The van der Waals surface area contributed by atoms with Gasteiger partial charge < -0.3 is 19.7 Å². The molecular weight excluding hydrogens is 377 g/mol. The lowest BCUT2D eigenvalue weighted by Gasteiger charge is -2.28. The number of pyridine rings is 2. The molecule has 1 saturated heterocycles. The van der Waals surface area contributed by atoms with E-state index in [0.717, 1.165) is 0 Å². The second-order valence-corrected chi connectivity index (χ2v) is 6.01. The smallest absolute Gasteiger partial charge is 0.272 e. The minimum absolute atomic E-state index is 0.00475. The zero-order chi connectivity index (χ0) is 19.9. The highest BCUT2D eigenvalue weighted by Crippen LogP contribution is 2.18. The largest absolute Gasteiger partial charge is 0.488 e. The van der Waals surface area contributed by atoms with Crippen LogP contribution in [0.25, 0.3) is 0 Å². The maximum atomic E-state index is 14.3. The number of hydrogen-bond donors (Lipinski definition) is 1. The molecule has 1 aliphatic heterocycles. The normalized spacial score (nSPS) is 14.2. The van der Waals surface area contributed by atoms with Crippen LogP contribution in [0.4, 0.5) is 19.0 Å². The van der Waals surface area contributed by atoms with Crippen molar-refractivity contribution in [3.8, 4) is 5.75 Å². The average molecular weight is 396 g/mol. The summed E-state index contributed by atoms with van der Waals surface area (Å²) in [6.07, 6.45) is 0.158. The Bertz CT molecular complexity index is 816. The van der Waals surface area contributed by atoms with Gasteiger partial charge in [-0.3, -0.25) is 9.78 Å². The molecule has 3 rings (SSSR count). The lowest BCUT2D eigenvalue weighted by Crippen LogP contribution is -2.37. The first-order valence-corrected chi connectivity index (χ1v) is 8.65. The van der Waals surface area contributed by atoms with Crippen molar-refractivity contribution in [1.82, 2.24) is 15.3 Å². The quantitative estimate of drug-likeness (QED) is 0.772. The summed E-state index contributed by atoms with van der Waals surface area (Å²) in [5, 5.41) is 2.59. The molecule has 0 aromatic carbocycles. The highest BCUT2D eigenvalue weighted by Gasteiger charge is 2.17. The van der Waals surface area contributed by atoms with Crippen LogP contribution in [0.2, 0.25) is 0 Å². The van der Waals surface area contributed by atoms with Crippen molar-refractivity contribution >= 4 is 11.7 Å². The van der Waals surface area contributed by atoms with E-state index in [1.54, 1.807) is 4.90 Å². The molecule has 1 amide bonds. The third kappa shape index (κ3) is 5.32. The van der Waals surface area contributed by atoms with Crippen molar-refractivity contribution in [3.05, 3.63) is 47.7 Å². The minimum atomic E-state index is -2.62. The van der Waals surface area contributed by atoms with Crippen LogP contribution in [0.3, 0.4) is 0 Å². The number of rotatable bonds is 7. The molecule has 0 atom stereocenters. The number of alkyl halides is 2. The Morgan fingerprint density at radius 2 is 2.07 bits per heavy atom. The molecular formula is C18H19F3N4O3. The number of morpholine rings is 1. The zero-order valence-electron chi connectivity index (χ0n) is 14.9. The molecule has 2 aromatic rings. The summed E-state index contributed by atoms with van der Waals surface area (Å²) in [6.45, 7) is 1.44. The van der Waals surface area contributed by atoms with Gasteiger partial charge in [0.05, 0.1) is 13.2 Å². The Hall–Kier alpha value is -2.88. The van der Waals surface area contributed by atoms with Crippen LogP contribution in [0.15, 0.2) is 30.6 Å². The molecule has 0 aliphatic carbocycles. The molecule has 0 unspecified atom stereocenters. The van der Waals surface area contributed by atoms with Gasteiger partial charge in [-0.25, -0.2) is 18.2 Å². The Morgan fingerprint density at radius 3 is 2.79 bits per heavy atom. The monoisotopic (exact) mass is 396 g/mol. The van der Waals surface area contributed by atoms with E-state index in [1.165, 1.54) is 30.6 Å². The average Bonchev–Trinajstić information content (AvgIpc) is 2.71. The molecule has 2 aromatic heterocycles. The van der Waals surface area contributed by atoms with Crippen molar-refractivity contribution in [1.29, 1.82) is 0 Å². The molecule has 1 N–H and O–H groups in total. The zero-order valence-corrected chi connectivity index (χ0v) is 14.9. The first kappa shape index (κ1) is 19.9. The van der Waals surface area contributed by atoms with E-state index in [2.05, 4.69) is 15.3 Å². The Morgan fingerprint density at radius 1 is 1.29 bits per heavy atom. The number of hydrogen-bond acceptors (Lipinski definition) is 6. The summed E-state index contributed by atoms with van der Waals surface area (Å²) >= 11 is 0. The molecule has 7 nitrogen and oxygen atoms in total. The molecule has 150 valence electrons. The summed E-state index contributed by atoms with van der Waals surface area (Å²) in [5.41, 5.74) is 0.484. The SMILES string of the molecule is O=C(NCc1cnc(N2CCOCC2)c(F)c1)c1cc(OCC(F)F)ccn1. The number of aromatic nitrogens is 2. The molecule has 0 radical (unpaired) electrons.